The Morgan fingerprint density at radius 1 is 1.16 bits per heavy atom. The maximum Gasteiger partial charge on any atom is 0.274 e. The van der Waals surface area contributed by atoms with E-state index in [1.54, 1.807) is 35.5 Å². The molecule has 2 aromatic carbocycles. The molecule has 0 radical (unpaired) electrons. The summed E-state index contributed by atoms with van der Waals surface area (Å²) in [5, 5.41) is 14.4. The van der Waals surface area contributed by atoms with Crippen molar-refractivity contribution >= 4 is 32.4 Å². The molecule has 0 unspecified atom stereocenters. The number of sulfonamides is 1. The maximum absolute atomic E-state index is 13.1. The predicted molar refractivity (Wildman–Crippen MR) is 123 cm³/mol. The van der Waals surface area contributed by atoms with E-state index in [0.29, 0.717) is 42.9 Å². The maximum atomic E-state index is 13.1. The van der Waals surface area contributed by atoms with E-state index in [9.17, 15) is 18.5 Å². The molecule has 0 amide bonds. The van der Waals surface area contributed by atoms with Gasteiger partial charge in [0.25, 0.3) is 5.69 Å². The van der Waals surface area contributed by atoms with Gasteiger partial charge in [0.2, 0.25) is 10.0 Å². The van der Waals surface area contributed by atoms with Gasteiger partial charge in [0.1, 0.15) is 5.82 Å². The van der Waals surface area contributed by atoms with Gasteiger partial charge in [-0.2, -0.15) is 4.31 Å². The molecule has 1 aliphatic heterocycles. The highest BCUT2D eigenvalue weighted by atomic mass is 32.2. The molecule has 1 N–H and O–H groups in total. The fourth-order valence-electron chi connectivity index (χ4n) is 4.25. The van der Waals surface area contributed by atoms with Gasteiger partial charge in [0, 0.05) is 37.0 Å². The average Bonchev–Trinajstić information content (AvgIpc) is 3.15. The van der Waals surface area contributed by atoms with E-state index in [0.717, 1.165) is 30.6 Å². The lowest BCUT2D eigenvalue weighted by Crippen LogP contribution is -2.35. The number of nitrogens with one attached hydrogen (secondary N) is 1. The largest absolute Gasteiger partial charge is 0.377 e. The van der Waals surface area contributed by atoms with Crippen molar-refractivity contribution in [1.29, 1.82) is 0 Å². The van der Waals surface area contributed by atoms with Gasteiger partial charge in [-0.25, -0.2) is 13.4 Å². The molecule has 0 bridgehead atoms. The van der Waals surface area contributed by atoms with E-state index in [1.807, 2.05) is 17.6 Å². The summed E-state index contributed by atoms with van der Waals surface area (Å²) >= 11 is 0. The van der Waals surface area contributed by atoms with Crippen LogP contribution in [-0.4, -0.2) is 40.3 Å². The molecule has 9 nitrogen and oxygen atoms in total. The normalized spacial score (nSPS) is 15.2. The third-order valence-electron chi connectivity index (χ3n) is 6.01. The second kappa shape index (κ2) is 8.87. The quantitative estimate of drug-likeness (QED) is 0.423. The van der Waals surface area contributed by atoms with Crippen LogP contribution in [0.4, 0.5) is 11.4 Å². The minimum atomic E-state index is -3.53. The lowest BCUT2D eigenvalue weighted by Gasteiger charge is -2.25. The first-order valence-corrected chi connectivity index (χ1v) is 12.2. The Morgan fingerprint density at radius 3 is 2.59 bits per heavy atom. The number of hydrogen-bond acceptors (Lipinski definition) is 6. The topological polar surface area (TPSA) is 110 Å². The molecule has 32 heavy (non-hydrogen) atoms. The van der Waals surface area contributed by atoms with Crippen LogP contribution >= 0.6 is 0 Å². The lowest BCUT2D eigenvalue weighted by atomic mass is 10.1. The summed E-state index contributed by atoms with van der Waals surface area (Å²) < 4.78 is 29.7. The van der Waals surface area contributed by atoms with Gasteiger partial charge in [0.05, 0.1) is 27.4 Å². The molecule has 1 aromatic heterocycles. The van der Waals surface area contributed by atoms with Crippen LogP contribution in [0, 0.1) is 17.0 Å². The molecule has 170 valence electrons. The first-order valence-electron chi connectivity index (χ1n) is 10.8. The van der Waals surface area contributed by atoms with Gasteiger partial charge in [-0.15, -0.1) is 0 Å². The summed E-state index contributed by atoms with van der Waals surface area (Å²) in [5.74, 6) is 0.737. The molecule has 1 fully saturated rings. The molecule has 4 rings (SSSR count). The van der Waals surface area contributed by atoms with Crippen LogP contribution in [-0.2, 0) is 23.1 Å². The zero-order valence-corrected chi connectivity index (χ0v) is 19.1. The van der Waals surface area contributed by atoms with Crippen molar-refractivity contribution in [3.05, 3.63) is 57.9 Å². The Labute approximate surface area is 187 Å². The third-order valence-corrected chi connectivity index (χ3v) is 7.90. The number of rotatable bonds is 7. The number of hydrogen-bond donors (Lipinski definition) is 1. The standard InChI is InChI=1S/C22H27N5O4S/c1-3-26-21-11-10-17(32(30,31)25-12-5-4-6-13-25)14-19(21)24-22(26)15-23-18-8-7-9-20(16(18)2)27(28)29/h7-11,14,23H,3-6,12-13,15H2,1-2H3. The number of piperidine rings is 1. The Hall–Kier alpha value is -2.98. The highest BCUT2D eigenvalue weighted by Gasteiger charge is 2.26. The molecular formula is C22H27N5O4S. The number of fused-ring (bicyclic) bond motifs is 1. The van der Waals surface area contributed by atoms with E-state index in [4.69, 9.17) is 0 Å². The lowest BCUT2D eigenvalue weighted by molar-refractivity contribution is -0.385. The summed E-state index contributed by atoms with van der Waals surface area (Å²) in [4.78, 5) is 15.8. The van der Waals surface area contributed by atoms with Crippen LogP contribution in [0.3, 0.4) is 0 Å². The van der Waals surface area contributed by atoms with Gasteiger partial charge >= 0.3 is 0 Å². The fourth-order valence-corrected chi connectivity index (χ4v) is 5.79. The number of nitro groups is 1. The Balaban J connectivity index is 1.63. The summed E-state index contributed by atoms with van der Waals surface area (Å²) in [6, 6.07) is 10.0. The van der Waals surface area contributed by atoms with Crippen molar-refractivity contribution in [3.8, 4) is 0 Å². The van der Waals surface area contributed by atoms with Gasteiger partial charge in [-0.3, -0.25) is 10.1 Å². The highest BCUT2D eigenvalue weighted by Crippen LogP contribution is 2.27. The number of aryl methyl sites for hydroxylation is 1. The number of benzene rings is 2. The molecular weight excluding hydrogens is 430 g/mol. The molecule has 2 heterocycles. The summed E-state index contributed by atoms with van der Waals surface area (Å²) in [7, 11) is -3.53. The molecule has 1 aliphatic rings. The van der Waals surface area contributed by atoms with Crippen molar-refractivity contribution in [3.63, 3.8) is 0 Å². The summed E-state index contributed by atoms with van der Waals surface area (Å²) in [6.07, 6.45) is 2.84. The van der Waals surface area contributed by atoms with E-state index < -0.39 is 14.9 Å². The first-order chi connectivity index (χ1) is 15.3. The van der Waals surface area contributed by atoms with Crippen LogP contribution < -0.4 is 5.32 Å². The number of aromatic nitrogens is 2. The van der Waals surface area contributed by atoms with Gasteiger partial charge in [-0.05, 0) is 51.0 Å². The number of nitrogens with zero attached hydrogens (tertiary/aromatic N) is 4. The van der Waals surface area contributed by atoms with Crippen LogP contribution in [0.2, 0.25) is 0 Å². The first kappa shape index (κ1) is 22.2. The van der Waals surface area contributed by atoms with Crippen molar-refractivity contribution in [2.24, 2.45) is 0 Å². The molecule has 1 saturated heterocycles. The number of imidazole rings is 1. The van der Waals surface area contributed by atoms with E-state index in [1.165, 1.54) is 6.07 Å². The van der Waals surface area contributed by atoms with Gasteiger partial charge < -0.3 is 9.88 Å². The zero-order chi connectivity index (χ0) is 22.9. The molecule has 0 aliphatic carbocycles. The SMILES string of the molecule is CCn1c(CNc2cccc([N+](=O)[O-])c2C)nc2cc(S(=O)(=O)N3CCCCC3)ccc21. The summed E-state index contributed by atoms with van der Waals surface area (Å²) in [5.41, 5.74) is 2.77. The number of anilines is 1. The van der Waals surface area contributed by atoms with Crippen LogP contribution in [0.1, 0.15) is 37.6 Å². The van der Waals surface area contributed by atoms with E-state index in [-0.39, 0.29) is 10.6 Å². The van der Waals surface area contributed by atoms with Crippen LogP contribution in [0.15, 0.2) is 41.3 Å². The Kier molecular flexibility index (Phi) is 6.16. The zero-order valence-electron chi connectivity index (χ0n) is 18.2. The minimum Gasteiger partial charge on any atom is -0.377 e. The Morgan fingerprint density at radius 2 is 1.91 bits per heavy atom. The second-order valence-electron chi connectivity index (χ2n) is 7.95. The second-order valence-corrected chi connectivity index (χ2v) is 9.89. The molecule has 10 heteroatoms. The fraction of sp³-hybridized carbons (Fsp3) is 0.409. The summed E-state index contributed by atoms with van der Waals surface area (Å²) in [6.45, 7) is 5.85. The predicted octanol–water partition coefficient (Wildman–Crippen LogP) is 4.06. The van der Waals surface area contributed by atoms with Crippen molar-refractivity contribution < 1.29 is 13.3 Å². The molecule has 0 spiro atoms. The van der Waals surface area contributed by atoms with Crippen LogP contribution in [0.25, 0.3) is 11.0 Å². The molecule has 3 aromatic rings. The van der Waals surface area contributed by atoms with Crippen molar-refractivity contribution in [2.45, 2.75) is 51.1 Å². The number of nitro benzene ring substituents is 1. The third kappa shape index (κ3) is 4.07. The molecule has 0 saturated carbocycles. The van der Waals surface area contributed by atoms with Crippen molar-refractivity contribution in [2.75, 3.05) is 18.4 Å². The minimum absolute atomic E-state index is 0.0616. The van der Waals surface area contributed by atoms with Gasteiger partial charge in [0.15, 0.2) is 0 Å². The van der Waals surface area contributed by atoms with Crippen LogP contribution in [0.5, 0.6) is 0 Å². The van der Waals surface area contributed by atoms with E-state index in [2.05, 4.69) is 10.3 Å². The monoisotopic (exact) mass is 457 g/mol. The van der Waals surface area contributed by atoms with Gasteiger partial charge in [-0.1, -0.05) is 12.5 Å². The van der Waals surface area contributed by atoms with Crippen molar-refractivity contribution in [1.82, 2.24) is 13.9 Å². The van der Waals surface area contributed by atoms with E-state index >= 15 is 0 Å². The average molecular weight is 458 g/mol. The molecule has 0 atom stereocenters. The highest BCUT2D eigenvalue weighted by molar-refractivity contribution is 7.89. The smallest absolute Gasteiger partial charge is 0.274 e. The Bertz CT molecular complexity index is 1260.